The van der Waals surface area contributed by atoms with E-state index < -0.39 is 10.8 Å². The van der Waals surface area contributed by atoms with E-state index in [-0.39, 0.29) is 28.8 Å². The van der Waals surface area contributed by atoms with Gasteiger partial charge in [0, 0.05) is 25.7 Å². The Bertz CT molecular complexity index is 604. The maximum Gasteiger partial charge on any atom is 0.286 e. The van der Waals surface area contributed by atoms with Gasteiger partial charge in [0.25, 0.3) is 11.6 Å². The smallest absolute Gasteiger partial charge is 0.286 e. The summed E-state index contributed by atoms with van der Waals surface area (Å²) in [6.07, 6.45) is 0.612. The maximum absolute atomic E-state index is 12.6. The number of amides is 1. The van der Waals surface area contributed by atoms with Gasteiger partial charge in [0.05, 0.1) is 25.2 Å². The lowest BCUT2D eigenvalue weighted by atomic mass is 10.0. The Morgan fingerprint density at radius 2 is 1.83 bits per heavy atom. The minimum Gasteiger partial charge on any atom is -0.493 e. The fourth-order valence-corrected chi connectivity index (χ4v) is 2.17. The van der Waals surface area contributed by atoms with Crippen LogP contribution in [0.1, 0.15) is 30.6 Å². The first kappa shape index (κ1) is 19.7. The van der Waals surface area contributed by atoms with Crippen molar-refractivity contribution < 1.29 is 19.2 Å². The molecule has 2 N–H and O–H groups in total. The molecule has 0 aliphatic rings. The lowest BCUT2D eigenvalue weighted by Gasteiger charge is -2.22. The third-order valence-corrected chi connectivity index (χ3v) is 3.93. The molecule has 1 unspecified atom stereocenters. The average molecular weight is 339 g/mol. The first-order valence-corrected chi connectivity index (χ1v) is 7.64. The van der Waals surface area contributed by atoms with Gasteiger partial charge in [0.15, 0.2) is 11.5 Å². The van der Waals surface area contributed by atoms with Gasteiger partial charge in [-0.05, 0) is 12.3 Å². The molecule has 24 heavy (non-hydrogen) atoms. The van der Waals surface area contributed by atoms with Gasteiger partial charge in [0.1, 0.15) is 5.56 Å². The highest BCUT2D eigenvalue weighted by Crippen LogP contribution is 2.35. The van der Waals surface area contributed by atoms with Gasteiger partial charge in [-0.25, -0.2) is 0 Å². The Hall–Kier alpha value is -2.35. The number of hydrogen-bond acceptors (Lipinski definition) is 6. The van der Waals surface area contributed by atoms with Crippen LogP contribution in [0.3, 0.4) is 0 Å². The van der Waals surface area contributed by atoms with Crippen molar-refractivity contribution in [3.63, 3.8) is 0 Å². The molecule has 0 radical (unpaired) electrons. The Balaban J connectivity index is 3.09. The highest BCUT2D eigenvalue weighted by Gasteiger charge is 2.26. The molecule has 1 atom stereocenters. The van der Waals surface area contributed by atoms with Gasteiger partial charge < -0.3 is 20.1 Å². The Labute approximate surface area is 141 Å². The van der Waals surface area contributed by atoms with Gasteiger partial charge in [-0.15, -0.1) is 0 Å². The second-order valence-corrected chi connectivity index (χ2v) is 5.90. The zero-order valence-corrected chi connectivity index (χ0v) is 14.7. The van der Waals surface area contributed by atoms with Gasteiger partial charge >= 0.3 is 0 Å². The average Bonchev–Trinajstić information content (AvgIpc) is 2.56. The number of rotatable bonds is 8. The van der Waals surface area contributed by atoms with Crippen molar-refractivity contribution in [3.8, 4) is 11.5 Å². The molecule has 0 bridgehead atoms. The van der Waals surface area contributed by atoms with Crippen LogP contribution >= 0.6 is 0 Å². The van der Waals surface area contributed by atoms with E-state index in [1.54, 1.807) is 7.05 Å². The molecule has 1 rings (SSSR count). The molecule has 8 heteroatoms. The number of nitro groups is 1. The quantitative estimate of drug-likeness (QED) is 0.573. The number of carbonyl (C=O) groups excluding carboxylic acids is 1. The standard InChI is InChI=1S/C16H25N3O5/c1-10(2)12(17)6-7-18(3)16(20)11-8-14(23-4)15(24-5)9-13(11)19(21)22/h8-10,12H,6-7,17H2,1-5H3. The molecule has 0 spiro atoms. The number of hydrogen-bond donors (Lipinski definition) is 1. The van der Waals surface area contributed by atoms with Crippen LogP contribution in [0.4, 0.5) is 5.69 Å². The zero-order valence-electron chi connectivity index (χ0n) is 14.7. The number of ether oxygens (including phenoxy) is 2. The number of nitrogens with zero attached hydrogens (tertiary/aromatic N) is 2. The molecule has 0 heterocycles. The third-order valence-electron chi connectivity index (χ3n) is 3.93. The molecular weight excluding hydrogens is 314 g/mol. The number of benzene rings is 1. The third kappa shape index (κ3) is 4.58. The highest BCUT2D eigenvalue weighted by atomic mass is 16.6. The maximum atomic E-state index is 12.6. The Morgan fingerprint density at radius 3 is 2.29 bits per heavy atom. The Kier molecular flexibility index (Phi) is 6.97. The fourth-order valence-electron chi connectivity index (χ4n) is 2.17. The molecule has 1 aromatic rings. The summed E-state index contributed by atoms with van der Waals surface area (Å²) >= 11 is 0. The molecule has 0 saturated carbocycles. The number of methoxy groups -OCH3 is 2. The second kappa shape index (κ2) is 8.49. The van der Waals surface area contributed by atoms with E-state index in [9.17, 15) is 14.9 Å². The number of carbonyl (C=O) groups is 1. The van der Waals surface area contributed by atoms with E-state index in [1.807, 2.05) is 13.8 Å². The van der Waals surface area contributed by atoms with E-state index in [4.69, 9.17) is 15.2 Å². The van der Waals surface area contributed by atoms with Crippen molar-refractivity contribution in [2.45, 2.75) is 26.3 Å². The molecule has 0 saturated heterocycles. The predicted octanol–water partition coefficient (Wildman–Crippen LogP) is 2.06. The van der Waals surface area contributed by atoms with Crippen molar-refractivity contribution in [2.24, 2.45) is 11.7 Å². The lowest BCUT2D eigenvalue weighted by Crippen LogP contribution is -2.34. The molecule has 1 amide bonds. The number of nitrogens with two attached hydrogens (primary N) is 1. The van der Waals surface area contributed by atoms with Crippen LogP contribution in [0.2, 0.25) is 0 Å². The largest absolute Gasteiger partial charge is 0.493 e. The van der Waals surface area contributed by atoms with Gasteiger partial charge in [-0.2, -0.15) is 0 Å². The van der Waals surface area contributed by atoms with Crippen molar-refractivity contribution in [1.82, 2.24) is 4.90 Å². The summed E-state index contributed by atoms with van der Waals surface area (Å²) in [5.74, 6) is 0.298. The summed E-state index contributed by atoms with van der Waals surface area (Å²) < 4.78 is 10.2. The van der Waals surface area contributed by atoms with E-state index in [0.29, 0.717) is 18.9 Å². The van der Waals surface area contributed by atoms with Crippen LogP contribution in [0.15, 0.2) is 12.1 Å². The minimum atomic E-state index is -0.608. The van der Waals surface area contributed by atoms with Crippen LogP contribution in [0.5, 0.6) is 11.5 Å². The molecule has 0 aliphatic carbocycles. The first-order chi connectivity index (χ1) is 11.2. The lowest BCUT2D eigenvalue weighted by molar-refractivity contribution is -0.385. The molecule has 0 aromatic heterocycles. The molecule has 8 nitrogen and oxygen atoms in total. The SMILES string of the molecule is COc1cc(C(=O)N(C)CCC(N)C(C)C)c([N+](=O)[O-])cc1OC. The van der Waals surface area contributed by atoms with Gasteiger partial charge in [-0.1, -0.05) is 13.8 Å². The number of nitro benzene ring substituents is 1. The summed E-state index contributed by atoms with van der Waals surface area (Å²) in [6.45, 7) is 4.42. The Morgan fingerprint density at radius 1 is 1.29 bits per heavy atom. The second-order valence-electron chi connectivity index (χ2n) is 5.90. The molecule has 1 aromatic carbocycles. The van der Waals surface area contributed by atoms with Crippen LogP contribution in [-0.4, -0.2) is 49.6 Å². The summed E-state index contributed by atoms with van der Waals surface area (Å²) in [6, 6.07) is 2.48. The van der Waals surface area contributed by atoms with Crippen LogP contribution in [0.25, 0.3) is 0 Å². The van der Waals surface area contributed by atoms with Gasteiger partial charge in [-0.3, -0.25) is 14.9 Å². The highest BCUT2D eigenvalue weighted by molar-refractivity contribution is 5.99. The zero-order chi connectivity index (χ0) is 18.4. The minimum absolute atomic E-state index is 0.0411. The molecular formula is C16H25N3O5. The van der Waals surface area contributed by atoms with E-state index in [1.165, 1.54) is 31.3 Å². The van der Waals surface area contributed by atoms with Crippen LogP contribution in [0, 0.1) is 16.0 Å². The van der Waals surface area contributed by atoms with Crippen molar-refractivity contribution >= 4 is 11.6 Å². The monoisotopic (exact) mass is 339 g/mol. The van der Waals surface area contributed by atoms with Gasteiger partial charge in [0.2, 0.25) is 0 Å². The summed E-state index contributed by atoms with van der Waals surface area (Å²) in [4.78, 5) is 24.7. The normalized spacial score (nSPS) is 12.0. The van der Waals surface area contributed by atoms with E-state index in [0.717, 1.165) is 0 Å². The van der Waals surface area contributed by atoms with E-state index in [2.05, 4.69) is 0 Å². The summed E-state index contributed by atoms with van der Waals surface area (Å²) in [7, 11) is 4.38. The van der Waals surface area contributed by atoms with Crippen LogP contribution in [-0.2, 0) is 0 Å². The molecule has 134 valence electrons. The topological polar surface area (TPSA) is 108 Å². The van der Waals surface area contributed by atoms with Crippen molar-refractivity contribution in [1.29, 1.82) is 0 Å². The van der Waals surface area contributed by atoms with Crippen molar-refractivity contribution in [3.05, 3.63) is 27.8 Å². The predicted molar refractivity (Wildman–Crippen MR) is 90.6 cm³/mol. The summed E-state index contributed by atoms with van der Waals surface area (Å²) in [5.41, 5.74) is 5.62. The molecule has 0 fully saturated rings. The van der Waals surface area contributed by atoms with Crippen molar-refractivity contribution in [2.75, 3.05) is 27.8 Å². The first-order valence-electron chi connectivity index (χ1n) is 7.64. The van der Waals surface area contributed by atoms with E-state index >= 15 is 0 Å². The summed E-state index contributed by atoms with van der Waals surface area (Å²) in [5, 5.41) is 11.3. The fraction of sp³-hybridized carbons (Fsp3) is 0.562. The van der Waals surface area contributed by atoms with Crippen LogP contribution < -0.4 is 15.2 Å². The molecule has 0 aliphatic heterocycles.